The van der Waals surface area contributed by atoms with Gasteiger partial charge in [0.2, 0.25) is 0 Å². The molecule has 0 spiro atoms. The van der Waals surface area contributed by atoms with Crippen molar-refractivity contribution in [2.75, 3.05) is 13.2 Å². The summed E-state index contributed by atoms with van der Waals surface area (Å²) in [6, 6.07) is 12.7. The Balaban J connectivity index is 1.81. The van der Waals surface area contributed by atoms with Gasteiger partial charge in [-0.1, -0.05) is 35.3 Å². The van der Waals surface area contributed by atoms with Crippen molar-refractivity contribution in [3.05, 3.63) is 58.1 Å². The number of hydrogen-bond donors (Lipinski definition) is 1. The van der Waals surface area contributed by atoms with Crippen LogP contribution < -0.4 is 15.2 Å². The normalized spacial score (nSPS) is 10.3. The van der Waals surface area contributed by atoms with E-state index in [1.54, 1.807) is 18.2 Å². The maximum Gasteiger partial charge on any atom is 0.122 e. The van der Waals surface area contributed by atoms with E-state index in [9.17, 15) is 0 Å². The Morgan fingerprint density at radius 2 is 1.50 bits per heavy atom. The lowest BCUT2D eigenvalue weighted by Gasteiger charge is -2.09. The Bertz CT molecular complexity index is 555. The fourth-order valence-corrected chi connectivity index (χ4v) is 2.20. The molecule has 0 amide bonds. The highest BCUT2D eigenvalue weighted by Crippen LogP contribution is 2.24. The topological polar surface area (TPSA) is 44.5 Å². The van der Waals surface area contributed by atoms with Crippen LogP contribution in [0.4, 0.5) is 0 Å². The molecule has 0 fully saturated rings. The van der Waals surface area contributed by atoms with Gasteiger partial charge in [0.05, 0.1) is 0 Å². The van der Waals surface area contributed by atoms with E-state index in [-0.39, 0.29) is 0 Å². The highest BCUT2D eigenvalue weighted by molar-refractivity contribution is 6.34. The molecular weight excluding hydrogens is 297 g/mol. The van der Waals surface area contributed by atoms with Crippen LogP contribution in [0.3, 0.4) is 0 Å². The Morgan fingerprint density at radius 3 is 2.15 bits per heavy atom. The maximum absolute atomic E-state index is 5.88. The molecule has 0 saturated carbocycles. The zero-order chi connectivity index (χ0) is 14.4. The third kappa shape index (κ3) is 4.60. The number of nitrogens with two attached hydrogens (primary N) is 1. The lowest BCUT2D eigenvalue weighted by Crippen LogP contribution is -2.09. The SMILES string of the molecule is NCc1cccc(OCCOc2cc(Cl)cc(Cl)c2)c1. The Hall–Kier alpha value is -1.42. The van der Waals surface area contributed by atoms with Gasteiger partial charge in [0, 0.05) is 16.6 Å². The summed E-state index contributed by atoms with van der Waals surface area (Å²) in [6.07, 6.45) is 0. The van der Waals surface area contributed by atoms with Crippen LogP contribution in [0.2, 0.25) is 10.0 Å². The van der Waals surface area contributed by atoms with Crippen molar-refractivity contribution in [3.63, 3.8) is 0 Å². The first-order valence-corrected chi connectivity index (χ1v) is 6.93. The highest BCUT2D eigenvalue weighted by Gasteiger charge is 2.00. The molecule has 0 aromatic heterocycles. The molecule has 0 saturated heterocycles. The highest BCUT2D eigenvalue weighted by atomic mass is 35.5. The lowest BCUT2D eigenvalue weighted by molar-refractivity contribution is 0.217. The van der Waals surface area contributed by atoms with Crippen molar-refractivity contribution in [1.82, 2.24) is 0 Å². The number of halogens is 2. The molecule has 0 unspecified atom stereocenters. The molecule has 0 aliphatic rings. The monoisotopic (exact) mass is 311 g/mol. The van der Waals surface area contributed by atoms with E-state index >= 15 is 0 Å². The van der Waals surface area contributed by atoms with Gasteiger partial charge in [-0.15, -0.1) is 0 Å². The van der Waals surface area contributed by atoms with E-state index in [0.717, 1.165) is 11.3 Å². The molecule has 2 rings (SSSR count). The van der Waals surface area contributed by atoms with Gasteiger partial charge in [0.1, 0.15) is 24.7 Å². The predicted octanol–water partition coefficient (Wildman–Crippen LogP) is 3.91. The Morgan fingerprint density at radius 1 is 0.850 bits per heavy atom. The van der Waals surface area contributed by atoms with Gasteiger partial charge in [-0.05, 0) is 35.9 Å². The van der Waals surface area contributed by atoms with E-state index in [1.807, 2.05) is 24.3 Å². The van der Waals surface area contributed by atoms with E-state index in [0.29, 0.717) is 35.6 Å². The number of ether oxygens (including phenoxy) is 2. The maximum atomic E-state index is 5.88. The molecule has 20 heavy (non-hydrogen) atoms. The summed E-state index contributed by atoms with van der Waals surface area (Å²) in [5.74, 6) is 1.41. The summed E-state index contributed by atoms with van der Waals surface area (Å²) in [5.41, 5.74) is 6.61. The van der Waals surface area contributed by atoms with E-state index in [4.69, 9.17) is 38.4 Å². The molecule has 0 bridgehead atoms. The first-order valence-electron chi connectivity index (χ1n) is 6.18. The third-order valence-electron chi connectivity index (χ3n) is 2.59. The van der Waals surface area contributed by atoms with Gasteiger partial charge in [-0.25, -0.2) is 0 Å². The van der Waals surface area contributed by atoms with E-state index < -0.39 is 0 Å². The second-order valence-electron chi connectivity index (χ2n) is 4.15. The first-order chi connectivity index (χ1) is 9.67. The van der Waals surface area contributed by atoms with Crippen LogP contribution in [0.5, 0.6) is 11.5 Å². The minimum absolute atomic E-state index is 0.406. The largest absolute Gasteiger partial charge is 0.490 e. The lowest BCUT2D eigenvalue weighted by atomic mass is 10.2. The summed E-state index contributed by atoms with van der Waals surface area (Å²) in [7, 11) is 0. The second kappa shape index (κ2) is 7.39. The van der Waals surface area contributed by atoms with E-state index in [1.165, 1.54) is 0 Å². The fraction of sp³-hybridized carbons (Fsp3) is 0.200. The molecule has 2 aromatic carbocycles. The van der Waals surface area contributed by atoms with Gasteiger partial charge >= 0.3 is 0 Å². The summed E-state index contributed by atoms with van der Waals surface area (Å²) < 4.78 is 11.1. The zero-order valence-electron chi connectivity index (χ0n) is 10.8. The van der Waals surface area contributed by atoms with Crippen molar-refractivity contribution in [1.29, 1.82) is 0 Å². The smallest absolute Gasteiger partial charge is 0.122 e. The average Bonchev–Trinajstić information content (AvgIpc) is 2.43. The standard InChI is InChI=1S/C15H15Cl2NO2/c16-12-7-13(17)9-15(8-12)20-5-4-19-14-3-1-2-11(6-14)10-18/h1-3,6-9H,4-5,10,18H2. The van der Waals surface area contributed by atoms with Crippen LogP contribution in [0.25, 0.3) is 0 Å². The average molecular weight is 312 g/mol. The van der Waals surface area contributed by atoms with Gasteiger partial charge in [0.25, 0.3) is 0 Å². The van der Waals surface area contributed by atoms with Crippen molar-refractivity contribution in [3.8, 4) is 11.5 Å². The van der Waals surface area contributed by atoms with Gasteiger partial charge < -0.3 is 15.2 Å². The number of benzene rings is 2. The molecule has 2 aromatic rings. The molecule has 2 N–H and O–H groups in total. The van der Waals surface area contributed by atoms with Crippen molar-refractivity contribution < 1.29 is 9.47 Å². The molecule has 5 heteroatoms. The Labute approximate surface area is 128 Å². The van der Waals surface area contributed by atoms with Crippen LogP contribution >= 0.6 is 23.2 Å². The summed E-state index contributed by atoms with van der Waals surface area (Å²) in [6.45, 7) is 1.33. The van der Waals surface area contributed by atoms with Crippen LogP contribution in [0.15, 0.2) is 42.5 Å². The van der Waals surface area contributed by atoms with Crippen molar-refractivity contribution in [2.24, 2.45) is 5.73 Å². The quantitative estimate of drug-likeness (QED) is 0.823. The van der Waals surface area contributed by atoms with Crippen LogP contribution in [-0.4, -0.2) is 13.2 Å². The van der Waals surface area contributed by atoms with Crippen molar-refractivity contribution >= 4 is 23.2 Å². The molecule has 3 nitrogen and oxygen atoms in total. The number of rotatable bonds is 6. The van der Waals surface area contributed by atoms with Gasteiger partial charge in [-0.2, -0.15) is 0 Å². The predicted molar refractivity (Wildman–Crippen MR) is 81.8 cm³/mol. The molecule has 0 aliphatic heterocycles. The van der Waals surface area contributed by atoms with E-state index in [2.05, 4.69) is 0 Å². The first kappa shape index (κ1) is 15.0. The molecular formula is C15H15Cl2NO2. The van der Waals surface area contributed by atoms with Crippen molar-refractivity contribution in [2.45, 2.75) is 6.54 Å². The van der Waals surface area contributed by atoms with Gasteiger partial charge in [-0.3, -0.25) is 0 Å². The summed E-state index contributed by atoms with van der Waals surface area (Å²) in [4.78, 5) is 0. The zero-order valence-corrected chi connectivity index (χ0v) is 12.3. The summed E-state index contributed by atoms with van der Waals surface area (Å²) >= 11 is 11.8. The Kier molecular flexibility index (Phi) is 5.53. The fourth-order valence-electron chi connectivity index (χ4n) is 1.69. The van der Waals surface area contributed by atoms with Crippen LogP contribution in [-0.2, 0) is 6.54 Å². The second-order valence-corrected chi connectivity index (χ2v) is 5.03. The minimum atomic E-state index is 0.406. The minimum Gasteiger partial charge on any atom is -0.490 e. The summed E-state index contributed by atoms with van der Waals surface area (Å²) in [5, 5.41) is 1.09. The van der Waals surface area contributed by atoms with Crippen LogP contribution in [0, 0.1) is 0 Å². The van der Waals surface area contributed by atoms with Crippen LogP contribution in [0.1, 0.15) is 5.56 Å². The molecule has 0 aliphatic carbocycles. The molecule has 0 atom stereocenters. The van der Waals surface area contributed by atoms with Gasteiger partial charge in [0.15, 0.2) is 0 Å². The molecule has 0 radical (unpaired) electrons. The molecule has 0 heterocycles. The third-order valence-corrected chi connectivity index (χ3v) is 3.03. The molecule has 106 valence electrons. The number of hydrogen-bond acceptors (Lipinski definition) is 3.